The van der Waals surface area contributed by atoms with Crippen molar-refractivity contribution in [3.05, 3.63) is 29.6 Å². The van der Waals surface area contributed by atoms with Crippen molar-refractivity contribution in [2.45, 2.75) is 20.8 Å². The van der Waals surface area contributed by atoms with Gasteiger partial charge in [-0.15, -0.1) is 0 Å². The molecule has 0 heterocycles. The minimum atomic E-state index is -0.293. The number of carbonyl (C=O) groups is 1. The molecular formula is C12H17FN2O. The van der Waals surface area contributed by atoms with Crippen LogP contribution in [0.3, 0.4) is 0 Å². The highest BCUT2D eigenvalue weighted by Gasteiger charge is 2.10. The van der Waals surface area contributed by atoms with E-state index in [4.69, 9.17) is 0 Å². The van der Waals surface area contributed by atoms with Gasteiger partial charge in [0.25, 0.3) is 0 Å². The first-order valence-corrected chi connectivity index (χ1v) is 5.40. The van der Waals surface area contributed by atoms with E-state index in [0.29, 0.717) is 18.8 Å². The van der Waals surface area contributed by atoms with E-state index in [9.17, 15) is 9.18 Å². The fraction of sp³-hybridized carbons (Fsp3) is 0.417. The Balaban J connectivity index is 2.76. The van der Waals surface area contributed by atoms with Gasteiger partial charge in [-0.1, -0.05) is 0 Å². The lowest BCUT2D eigenvalue weighted by Gasteiger charge is -2.19. The number of halogens is 1. The third-order valence-electron chi connectivity index (χ3n) is 2.48. The molecule has 1 aromatic carbocycles. The summed E-state index contributed by atoms with van der Waals surface area (Å²) in [5.41, 5.74) is 1.37. The topological polar surface area (TPSA) is 32.3 Å². The highest BCUT2D eigenvalue weighted by molar-refractivity contribution is 5.90. The van der Waals surface area contributed by atoms with Crippen LogP contribution in [-0.4, -0.2) is 24.0 Å². The van der Waals surface area contributed by atoms with Crippen molar-refractivity contribution in [2.24, 2.45) is 0 Å². The molecule has 0 fully saturated rings. The van der Waals surface area contributed by atoms with Gasteiger partial charge in [0.1, 0.15) is 5.82 Å². The lowest BCUT2D eigenvalue weighted by atomic mass is 10.2. The van der Waals surface area contributed by atoms with E-state index in [1.165, 1.54) is 12.1 Å². The Morgan fingerprint density at radius 1 is 1.38 bits per heavy atom. The quantitative estimate of drug-likeness (QED) is 0.841. The standard InChI is InChI=1S/C12H17FN2O/c1-4-15(5-2)12(16)14-11-7-6-10(13)8-9(11)3/h6-8H,4-5H2,1-3H3,(H,14,16). The van der Waals surface area contributed by atoms with E-state index in [-0.39, 0.29) is 11.8 Å². The summed E-state index contributed by atoms with van der Waals surface area (Å²) in [6.07, 6.45) is 0. The summed E-state index contributed by atoms with van der Waals surface area (Å²) < 4.78 is 12.9. The number of hydrogen-bond acceptors (Lipinski definition) is 1. The minimum absolute atomic E-state index is 0.153. The number of rotatable bonds is 3. The molecule has 0 aromatic heterocycles. The maximum Gasteiger partial charge on any atom is 0.321 e. The SMILES string of the molecule is CCN(CC)C(=O)Nc1ccc(F)cc1C. The van der Waals surface area contributed by atoms with Gasteiger partial charge in [0, 0.05) is 18.8 Å². The molecule has 0 saturated carbocycles. The third-order valence-corrected chi connectivity index (χ3v) is 2.48. The molecular weight excluding hydrogens is 207 g/mol. The molecule has 0 aliphatic rings. The van der Waals surface area contributed by atoms with Crippen LogP contribution in [-0.2, 0) is 0 Å². The highest BCUT2D eigenvalue weighted by atomic mass is 19.1. The van der Waals surface area contributed by atoms with E-state index in [2.05, 4.69) is 5.32 Å². The Kier molecular flexibility index (Phi) is 4.28. The van der Waals surface area contributed by atoms with Gasteiger partial charge in [0.2, 0.25) is 0 Å². The van der Waals surface area contributed by atoms with Gasteiger partial charge >= 0.3 is 6.03 Å². The molecule has 0 aliphatic carbocycles. The number of amides is 2. The number of nitrogens with zero attached hydrogens (tertiary/aromatic N) is 1. The lowest BCUT2D eigenvalue weighted by molar-refractivity contribution is 0.217. The second kappa shape index (κ2) is 5.49. The normalized spacial score (nSPS) is 10.0. The van der Waals surface area contributed by atoms with Crippen LogP contribution in [0.15, 0.2) is 18.2 Å². The van der Waals surface area contributed by atoms with Crippen molar-refractivity contribution in [3.8, 4) is 0 Å². The number of aryl methyl sites for hydroxylation is 1. The van der Waals surface area contributed by atoms with E-state index in [1.807, 2.05) is 13.8 Å². The minimum Gasteiger partial charge on any atom is -0.325 e. The summed E-state index contributed by atoms with van der Waals surface area (Å²) in [7, 11) is 0. The Bertz CT molecular complexity index is 375. The number of carbonyl (C=O) groups excluding carboxylic acids is 1. The maximum atomic E-state index is 12.9. The zero-order valence-electron chi connectivity index (χ0n) is 9.88. The molecule has 3 nitrogen and oxygen atoms in total. The lowest BCUT2D eigenvalue weighted by Crippen LogP contribution is -2.34. The van der Waals surface area contributed by atoms with Crippen LogP contribution in [0.1, 0.15) is 19.4 Å². The summed E-state index contributed by atoms with van der Waals surface area (Å²) in [5, 5.41) is 2.76. The van der Waals surface area contributed by atoms with Gasteiger partial charge in [-0.3, -0.25) is 0 Å². The van der Waals surface area contributed by atoms with Crippen molar-refractivity contribution in [1.82, 2.24) is 4.90 Å². The molecule has 16 heavy (non-hydrogen) atoms. The van der Waals surface area contributed by atoms with Crippen molar-refractivity contribution in [1.29, 1.82) is 0 Å². The monoisotopic (exact) mass is 224 g/mol. The van der Waals surface area contributed by atoms with Gasteiger partial charge in [-0.2, -0.15) is 0 Å². The van der Waals surface area contributed by atoms with E-state index >= 15 is 0 Å². The second-order valence-corrected chi connectivity index (χ2v) is 3.56. The predicted octanol–water partition coefficient (Wildman–Crippen LogP) is 3.01. The molecule has 0 radical (unpaired) electrons. The molecule has 0 spiro atoms. The largest absolute Gasteiger partial charge is 0.325 e. The van der Waals surface area contributed by atoms with Crippen molar-refractivity contribution < 1.29 is 9.18 Å². The number of hydrogen-bond donors (Lipinski definition) is 1. The van der Waals surface area contributed by atoms with Gasteiger partial charge < -0.3 is 10.2 Å². The molecule has 0 unspecified atom stereocenters. The Labute approximate surface area is 95.3 Å². The van der Waals surface area contributed by atoms with E-state index in [1.54, 1.807) is 17.9 Å². The van der Waals surface area contributed by atoms with Crippen LogP contribution in [0.4, 0.5) is 14.9 Å². The van der Waals surface area contributed by atoms with Gasteiger partial charge in [0.15, 0.2) is 0 Å². The van der Waals surface area contributed by atoms with Crippen LogP contribution in [0.2, 0.25) is 0 Å². The fourth-order valence-corrected chi connectivity index (χ4v) is 1.47. The summed E-state index contributed by atoms with van der Waals surface area (Å²) >= 11 is 0. The van der Waals surface area contributed by atoms with Crippen LogP contribution >= 0.6 is 0 Å². The van der Waals surface area contributed by atoms with Gasteiger partial charge in [-0.25, -0.2) is 9.18 Å². The van der Waals surface area contributed by atoms with Crippen molar-refractivity contribution in [3.63, 3.8) is 0 Å². The Hall–Kier alpha value is -1.58. The van der Waals surface area contributed by atoms with Crippen LogP contribution in [0, 0.1) is 12.7 Å². The third kappa shape index (κ3) is 2.95. The molecule has 0 saturated heterocycles. The zero-order valence-corrected chi connectivity index (χ0v) is 9.88. The van der Waals surface area contributed by atoms with Gasteiger partial charge in [-0.05, 0) is 44.5 Å². The summed E-state index contributed by atoms with van der Waals surface area (Å²) in [4.78, 5) is 13.4. The van der Waals surface area contributed by atoms with E-state index < -0.39 is 0 Å². The summed E-state index contributed by atoms with van der Waals surface area (Å²) in [5.74, 6) is -0.293. The Morgan fingerprint density at radius 3 is 2.50 bits per heavy atom. The van der Waals surface area contributed by atoms with Crippen LogP contribution < -0.4 is 5.32 Å². The fourth-order valence-electron chi connectivity index (χ4n) is 1.47. The molecule has 2 amide bonds. The first-order valence-electron chi connectivity index (χ1n) is 5.40. The zero-order chi connectivity index (χ0) is 12.1. The predicted molar refractivity (Wildman–Crippen MR) is 63.1 cm³/mol. The molecule has 88 valence electrons. The van der Waals surface area contributed by atoms with E-state index in [0.717, 1.165) is 5.56 Å². The number of urea groups is 1. The average Bonchev–Trinajstić information content (AvgIpc) is 2.24. The first kappa shape index (κ1) is 12.5. The average molecular weight is 224 g/mol. The van der Waals surface area contributed by atoms with Crippen molar-refractivity contribution >= 4 is 11.7 Å². The first-order chi connectivity index (χ1) is 7.58. The maximum absolute atomic E-state index is 12.9. The van der Waals surface area contributed by atoms with Crippen LogP contribution in [0.25, 0.3) is 0 Å². The molecule has 1 rings (SSSR count). The van der Waals surface area contributed by atoms with Crippen molar-refractivity contribution in [2.75, 3.05) is 18.4 Å². The molecule has 1 N–H and O–H groups in total. The summed E-state index contributed by atoms with van der Waals surface area (Å²) in [6, 6.07) is 4.16. The Morgan fingerprint density at radius 2 is 2.00 bits per heavy atom. The van der Waals surface area contributed by atoms with Gasteiger partial charge in [0.05, 0.1) is 0 Å². The molecule has 4 heteroatoms. The number of benzene rings is 1. The summed E-state index contributed by atoms with van der Waals surface area (Å²) in [6.45, 7) is 6.91. The highest BCUT2D eigenvalue weighted by Crippen LogP contribution is 2.16. The smallest absolute Gasteiger partial charge is 0.321 e. The molecule has 0 aliphatic heterocycles. The molecule has 0 atom stereocenters. The number of nitrogens with one attached hydrogen (secondary N) is 1. The second-order valence-electron chi connectivity index (χ2n) is 3.56. The molecule has 1 aromatic rings. The van der Waals surface area contributed by atoms with Crippen LogP contribution in [0.5, 0.6) is 0 Å². The number of anilines is 1. The molecule has 0 bridgehead atoms.